The van der Waals surface area contributed by atoms with Crippen molar-refractivity contribution in [3.63, 3.8) is 0 Å². The second kappa shape index (κ2) is 8.74. The van der Waals surface area contributed by atoms with Gasteiger partial charge in [0.25, 0.3) is 5.89 Å². The summed E-state index contributed by atoms with van der Waals surface area (Å²) in [6.45, 7) is 4.14. The monoisotopic (exact) mass is 443 g/mol. The van der Waals surface area contributed by atoms with E-state index in [0.717, 1.165) is 24.2 Å². The highest BCUT2D eigenvalue weighted by Crippen LogP contribution is 2.32. The van der Waals surface area contributed by atoms with Gasteiger partial charge in [0.15, 0.2) is 0 Å². The number of aromatic nitrogens is 4. The van der Waals surface area contributed by atoms with Crippen molar-refractivity contribution in [2.75, 3.05) is 5.32 Å². The van der Waals surface area contributed by atoms with Crippen LogP contribution in [0.4, 0.5) is 18.9 Å². The third kappa shape index (κ3) is 4.74. The normalized spacial score (nSPS) is 12.5. The molecule has 7 nitrogen and oxygen atoms in total. The molecule has 4 aromatic rings. The third-order valence-electron chi connectivity index (χ3n) is 4.82. The molecule has 2 heterocycles. The molecule has 32 heavy (non-hydrogen) atoms. The average molecular weight is 443 g/mol. The summed E-state index contributed by atoms with van der Waals surface area (Å²) in [7, 11) is 0. The molecule has 0 aliphatic rings. The van der Waals surface area contributed by atoms with Gasteiger partial charge in [0.05, 0.1) is 17.4 Å². The Hall–Kier alpha value is -3.82. The molecule has 1 unspecified atom stereocenters. The van der Waals surface area contributed by atoms with E-state index in [-0.39, 0.29) is 6.04 Å². The Morgan fingerprint density at radius 3 is 2.34 bits per heavy atom. The lowest BCUT2D eigenvalue weighted by molar-refractivity contribution is -0.137. The van der Waals surface area contributed by atoms with E-state index < -0.39 is 11.7 Å². The summed E-state index contributed by atoms with van der Waals surface area (Å²) < 4.78 is 49.0. The molecule has 1 atom stereocenters. The number of hydrogen-bond acceptors (Lipinski definition) is 6. The van der Waals surface area contributed by atoms with Gasteiger partial charge in [-0.2, -0.15) is 23.3 Å². The van der Waals surface area contributed by atoms with Gasteiger partial charge >= 0.3 is 6.18 Å². The van der Waals surface area contributed by atoms with E-state index in [9.17, 15) is 13.2 Å². The van der Waals surface area contributed by atoms with Crippen LogP contribution in [0, 0.1) is 0 Å². The fourth-order valence-corrected chi connectivity index (χ4v) is 2.89. The van der Waals surface area contributed by atoms with Gasteiger partial charge in [0.1, 0.15) is 17.2 Å². The van der Waals surface area contributed by atoms with Crippen LogP contribution in [0.5, 0.6) is 11.5 Å². The fourth-order valence-electron chi connectivity index (χ4n) is 2.89. The van der Waals surface area contributed by atoms with Crippen molar-refractivity contribution >= 4 is 5.69 Å². The summed E-state index contributed by atoms with van der Waals surface area (Å²) in [6, 6.07) is 11.6. The van der Waals surface area contributed by atoms with Crippen LogP contribution in [-0.4, -0.2) is 26.4 Å². The van der Waals surface area contributed by atoms with Crippen LogP contribution in [-0.2, 0) is 6.18 Å². The molecule has 4 rings (SSSR count). The molecule has 0 radical (unpaired) electrons. The highest BCUT2D eigenvalue weighted by molar-refractivity contribution is 5.69. The summed E-state index contributed by atoms with van der Waals surface area (Å²) in [5, 5.41) is 14.3. The zero-order valence-electron chi connectivity index (χ0n) is 17.3. The van der Waals surface area contributed by atoms with Gasteiger partial charge in [-0.05, 0) is 61.9 Å². The Balaban J connectivity index is 1.46. The molecular formula is C22H20F3N5O2. The maximum Gasteiger partial charge on any atom is 0.416 e. The van der Waals surface area contributed by atoms with Crippen molar-refractivity contribution in [1.29, 1.82) is 0 Å². The standard InChI is InChI=1S/C22H20F3N5O2/c1-3-13(2)27-18-12-26-29-19(18)21-28-20(30-32-21)14-4-8-16(9-5-14)31-17-10-6-15(7-11-17)22(23,24)25/h4-13,27H,3H2,1-2H3,(H,26,29). The highest BCUT2D eigenvalue weighted by atomic mass is 19.4. The fraction of sp³-hybridized carbons (Fsp3) is 0.227. The van der Waals surface area contributed by atoms with Crippen molar-refractivity contribution in [3.8, 4) is 34.5 Å². The third-order valence-corrected chi connectivity index (χ3v) is 4.82. The highest BCUT2D eigenvalue weighted by Gasteiger charge is 2.30. The number of ether oxygens (including phenoxy) is 1. The molecule has 0 saturated heterocycles. The lowest BCUT2D eigenvalue weighted by atomic mass is 10.2. The molecule has 0 spiro atoms. The van der Waals surface area contributed by atoms with Crippen molar-refractivity contribution < 1.29 is 22.4 Å². The van der Waals surface area contributed by atoms with Crippen molar-refractivity contribution in [2.45, 2.75) is 32.5 Å². The number of nitrogens with one attached hydrogen (secondary N) is 2. The Bertz CT molecular complexity index is 1170. The number of rotatable bonds is 7. The van der Waals surface area contributed by atoms with Crippen LogP contribution in [0.2, 0.25) is 0 Å². The van der Waals surface area contributed by atoms with Gasteiger partial charge in [-0.3, -0.25) is 5.10 Å². The number of H-pyrrole nitrogens is 1. The molecule has 0 aliphatic carbocycles. The predicted octanol–water partition coefficient (Wildman–Crippen LogP) is 6.15. The molecular weight excluding hydrogens is 423 g/mol. The Labute approximate surface area is 181 Å². The molecule has 2 aromatic heterocycles. The Morgan fingerprint density at radius 1 is 1.06 bits per heavy atom. The molecule has 0 aliphatic heterocycles. The van der Waals surface area contributed by atoms with Gasteiger partial charge in [-0.1, -0.05) is 12.1 Å². The lowest BCUT2D eigenvalue weighted by Gasteiger charge is -2.11. The van der Waals surface area contributed by atoms with Crippen molar-refractivity contribution in [3.05, 3.63) is 60.3 Å². The number of anilines is 1. The molecule has 0 fully saturated rings. The Morgan fingerprint density at radius 2 is 1.72 bits per heavy atom. The summed E-state index contributed by atoms with van der Waals surface area (Å²) in [4.78, 5) is 4.43. The van der Waals surface area contributed by atoms with Crippen LogP contribution in [0.25, 0.3) is 23.0 Å². The van der Waals surface area contributed by atoms with Gasteiger partial charge in [0, 0.05) is 11.6 Å². The van der Waals surface area contributed by atoms with E-state index in [1.54, 1.807) is 30.5 Å². The number of hydrogen-bond donors (Lipinski definition) is 2. The number of halogens is 3. The summed E-state index contributed by atoms with van der Waals surface area (Å²) >= 11 is 0. The zero-order chi connectivity index (χ0) is 22.7. The Kier molecular flexibility index (Phi) is 5.85. The molecule has 0 bridgehead atoms. The minimum absolute atomic E-state index is 0.256. The van der Waals surface area contributed by atoms with Crippen LogP contribution in [0.3, 0.4) is 0 Å². The number of alkyl halides is 3. The SMILES string of the molecule is CCC(C)Nc1cn[nH]c1-c1nc(-c2ccc(Oc3ccc(C(F)(F)F)cc3)cc2)no1. The summed E-state index contributed by atoms with van der Waals surface area (Å²) in [5.41, 5.74) is 1.34. The number of benzene rings is 2. The lowest BCUT2D eigenvalue weighted by Crippen LogP contribution is -2.13. The predicted molar refractivity (Wildman–Crippen MR) is 112 cm³/mol. The average Bonchev–Trinajstić information content (AvgIpc) is 3.43. The topological polar surface area (TPSA) is 88.9 Å². The summed E-state index contributed by atoms with van der Waals surface area (Å²) in [5.74, 6) is 1.44. The van der Waals surface area contributed by atoms with Crippen molar-refractivity contribution in [2.24, 2.45) is 0 Å². The maximum atomic E-state index is 12.7. The largest absolute Gasteiger partial charge is 0.457 e. The quantitative estimate of drug-likeness (QED) is 0.356. The maximum absolute atomic E-state index is 12.7. The molecule has 10 heteroatoms. The first-order valence-electron chi connectivity index (χ1n) is 9.93. The summed E-state index contributed by atoms with van der Waals surface area (Å²) in [6.07, 6.45) is -1.77. The minimum atomic E-state index is -4.38. The second-order valence-electron chi connectivity index (χ2n) is 7.18. The zero-order valence-corrected chi connectivity index (χ0v) is 17.3. The number of nitrogens with zero attached hydrogens (tertiary/aromatic N) is 3. The van der Waals surface area contributed by atoms with Gasteiger partial charge < -0.3 is 14.6 Å². The molecule has 2 aromatic carbocycles. The van der Waals surface area contributed by atoms with Crippen LogP contribution >= 0.6 is 0 Å². The van der Waals surface area contributed by atoms with Crippen LogP contribution in [0.15, 0.2) is 59.3 Å². The molecule has 166 valence electrons. The number of aromatic amines is 1. The van der Waals surface area contributed by atoms with E-state index in [4.69, 9.17) is 9.26 Å². The minimum Gasteiger partial charge on any atom is -0.457 e. The van der Waals surface area contributed by atoms with E-state index in [1.807, 2.05) is 0 Å². The van der Waals surface area contributed by atoms with Gasteiger partial charge in [-0.25, -0.2) is 0 Å². The first-order valence-corrected chi connectivity index (χ1v) is 9.93. The smallest absolute Gasteiger partial charge is 0.416 e. The van der Waals surface area contributed by atoms with E-state index >= 15 is 0 Å². The van der Waals surface area contributed by atoms with Crippen LogP contribution < -0.4 is 10.1 Å². The second-order valence-corrected chi connectivity index (χ2v) is 7.18. The van der Waals surface area contributed by atoms with Gasteiger partial charge in [-0.15, -0.1) is 0 Å². The molecule has 0 saturated carbocycles. The first-order chi connectivity index (χ1) is 15.3. The molecule has 2 N–H and O–H groups in total. The van der Waals surface area contributed by atoms with E-state index in [2.05, 4.69) is 39.5 Å². The first kappa shape index (κ1) is 21.4. The van der Waals surface area contributed by atoms with Crippen LogP contribution in [0.1, 0.15) is 25.8 Å². The van der Waals surface area contributed by atoms with E-state index in [0.29, 0.717) is 34.5 Å². The molecule has 0 amide bonds. The van der Waals surface area contributed by atoms with Gasteiger partial charge in [0.2, 0.25) is 5.82 Å². The van der Waals surface area contributed by atoms with Crippen molar-refractivity contribution in [1.82, 2.24) is 20.3 Å². The van der Waals surface area contributed by atoms with E-state index in [1.165, 1.54) is 12.1 Å².